The quantitative estimate of drug-likeness (QED) is 0.180. The van der Waals surface area contributed by atoms with E-state index in [0.29, 0.717) is 5.25 Å². The van der Waals surface area contributed by atoms with Gasteiger partial charge in [-0.3, -0.25) is 4.79 Å². The monoisotopic (exact) mass is 535 g/mol. The van der Waals surface area contributed by atoms with Crippen molar-refractivity contribution >= 4 is 40.8 Å². The predicted octanol–water partition coefficient (Wildman–Crippen LogP) is 9.02. The van der Waals surface area contributed by atoms with Gasteiger partial charge in [-0.15, -0.1) is 0 Å². The topological polar surface area (TPSA) is 39.2 Å². The molecule has 0 aliphatic heterocycles. The second-order valence-corrected chi connectivity index (χ2v) is 12.2. The molecular weight excluding hydrogens is 498 g/mol. The Morgan fingerprint density at radius 3 is 2.62 bits per heavy atom. The van der Waals surface area contributed by atoms with Crippen LogP contribution in [0.3, 0.4) is 0 Å². The van der Waals surface area contributed by atoms with E-state index < -0.39 is 5.60 Å². The molecule has 1 aliphatic carbocycles. The standard InChI is InChI=1S/C35H37NO2S/c1-25(37)38-35(2,3)32-13-6-4-10-28(32)19-22-34(39-24-27-15-16-27)30-12-8-9-26(23-30)17-20-31-21-18-29-11-5-7-14-33(29)36-31/h4-14,17-18,20-21,23,27,34H,15-16,19,22,24H2,1-3H3/b20-17+. The van der Waals surface area contributed by atoms with Crippen LogP contribution in [0.5, 0.6) is 0 Å². The SMILES string of the molecule is CC(=O)OC(C)(C)c1ccccc1CCC(SCC1CC1)c1cccc(/C=C/c2ccc3ccccc3n2)c1. The summed E-state index contributed by atoms with van der Waals surface area (Å²) in [5.74, 6) is 1.83. The fraction of sp³-hybridized carbons (Fsp3) is 0.314. The number of pyridine rings is 1. The molecule has 1 unspecified atom stereocenters. The van der Waals surface area contributed by atoms with Gasteiger partial charge in [-0.1, -0.05) is 78.9 Å². The highest BCUT2D eigenvalue weighted by Crippen LogP contribution is 2.41. The normalized spacial score (nSPS) is 14.5. The Hall–Kier alpha value is -3.37. The molecule has 0 N–H and O–H groups in total. The van der Waals surface area contributed by atoms with Crippen molar-refractivity contribution in [3.05, 3.63) is 113 Å². The van der Waals surface area contributed by atoms with Gasteiger partial charge in [-0.05, 0) is 91.7 Å². The minimum absolute atomic E-state index is 0.253. The van der Waals surface area contributed by atoms with Crippen molar-refractivity contribution in [3.63, 3.8) is 0 Å². The maximum Gasteiger partial charge on any atom is 0.303 e. The number of para-hydroxylation sites is 1. The van der Waals surface area contributed by atoms with Crippen LogP contribution in [-0.4, -0.2) is 16.7 Å². The summed E-state index contributed by atoms with van der Waals surface area (Å²) in [5.41, 5.74) is 6.22. The molecule has 1 heterocycles. The van der Waals surface area contributed by atoms with Crippen LogP contribution < -0.4 is 0 Å². The third kappa shape index (κ3) is 7.39. The molecule has 1 aromatic heterocycles. The fourth-order valence-electron chi connectivity index (χ4n) is 5.13. The Labute approximate surface area is 236 Å². The van der Waals surface area contributed by atoms with Crippen LogP contribution in [0, 0.1) is 5.92 Å². The zero-order valence-corrected chi connectivity index (χ0v) is 23.9. The highest BCUT2D eigenvalue weighted by molar-refractivity contribution is 7.99. The number of fused-ring (bicyclic) bond motifs is 1. The van der Waals surface area contributed by atoms with Crippen molar-refractivity contribution in [3.8, 4) is 0 Å². The molecule has 0 amide bonds. The molecule has 1 aliphatic rings. The van der Waals surface area contributed by atoms with Crippen LogP contribution in [0.2, 0.25) is 0 Å². The Balaban J connectivity index is 1.34. The average molecular weight is 536 g/mol. The fourth-order valence-corrected chi connectivity index (χ4v) is 6.59. The number of hydrogen-bond donors (Lipinski definition) is 0. The molecule has 200 valence electrons. The lowest BCUT2D eigenvalue weighted by molar-refractivity contribution is -0.154. The van der Waals surface area contributed by atoms with Gasteiger partial charge < -0.3 is 4.74 Å². The van der Waals surface area contributed by atoms with Crippen molar-refractivity contribution in [2.45, 2.75) is 57.3 Å². The van der Waals surface area contributed by atoms with Gasteiger partial charge in [0, 0.05) is 17.6 Å². The van der Waals surface area contributed by atoms with Crippen molar-refractivity contribution in [2.24, 2.45) is 5.92 Å². The van der Waals surface area contributed by atoms with Gasteiger partial charge in [-0.2, -0.15) is 11.8 Å². The van der Waals surface area contributed by atoms with E-state index in [-0.39, 0.29) is 5.97 Å². The largest absolute Gasteiger partial charge is 0.455 e. The van der Waals surface area contributed by atoms with E-state index in [0.717, 1.165) is 40.9 Å². The van der Waals surface area contributed by atoms with Crippen LogP contribution in [0.25, 0.3) is 23.1 Å². The summed E-state index contributed by atoms with van der Waals surface area (Å²) in [6, 6.07) is 29.8. The van der Waals surface area contributed by atoms with Crippen LogP contribution >= 0.6 is 11.8 Å². The van der Waals surface area contributed by atoms with Crippen LogP contribution in [-0.2, 0) is 21.6 Å². The van der Waals surface area contributed by atoms with E-state index >= 15 is 0 Å². The molecule has 1 fully saturated rings. The van der Waals surface area contributed by atoms with Crippen molar-refractivity contribution in [1.29, 1.82) is 0 Å². The lowest BCUT2D eigenvalue weighted by atomic mass is 9.90. The van der Waals surface area contributed by atoms with Gasteiger partial charge in [0.05, 0.1) is 11.2 Å². The Kier molecular flexibility index (Phi) is 8.52. The maximum absolute atomic E-state index is 11.7. The number of aromatic nitrogens is 1. The second kappa shape index (κ2) is 12.2. The lowest BCUT2D eigenvalue weighted by Crippen LogP contribution is -2.25. The Bertz CT molecular complexity index is 1470. The van der Waals surface area contributed by atoms with Gasteiger partial charge in [0.2, 0.25) is 0 Å². The maximum atomic E-state index is 11.7. The summed E-state index contributed by atoms with van der Waals surface area (Å²) in [4.78, 5) is 16.5. The highest BCUT2D eigenvalue weighted by Gasteiger charge is 2.27. The molecule has 0 spiro atoms. The third-order valence-electron chi connectivity index (χ3n) is 7.32. The molecule has 3 aromatic carbocycles. The number of ether oxygens (including phenoxy) is 1. The van der Waals surface area contributed by atoms with Crippen LogP contribution in [0.4, 0.5) is 0 Å². The first kappa shape index (κ1) is 27.2. The summed E-state index contributed by atoms with van der Waals surface area (Å²) >= 11 is 2.09. The second-order valence-electron chi connectivity index (χ2n) is 11.0. The number of benzene rings is 3. The van der Waals surface area contributed by atoms with Gasteiger partial charge in [0.1, 0.15) is 5.60 Å². The Morgan fingerprint density at radius 2 is 1.79 bits per heavy atom. The number of hydrogen-bond acceptors (Lipinski definition) is 4. The van der Waals surface area contributed by atoms with E-state index in [1.807, 2.05) is 32.0 Å². The summed E-state index contributed by atoms with van der Waals surface area (Å²) < 4.78 is 5.69. The Morgan fingerprint density at radius 1 is 1.00 bits per heavy atom. The summed E-state index contributed by atoms with van der Waals surface area (Å²) in [6.07, 6.45) is 8.96. The summed E-state index contributed by atoms with van der Waals surface area (Å²) in [7, 11) is 0. The number of aryl methyl sites for hydroxylation is 1. The summed E-state index contributed by atoms with van der Waals surface area (Å²) in [5, 5.41) is 1.56. The minimum Gasteiger partial charge on any atom is -0.455 e. The van der Waals surface area contributed by atoms with E-state index in [1.54, 1.807) is 0 Å². The smallest absolute Gasteiger partial charge is 0.303 e. The van der Waals surface area contributed by atoms with Gasteiger partial charge in [-0.25, -0.2) is 4.98 Å². The molecule has 0 saturated heterocycles. The number of carbonyl (C=O) groups excluding carboxylic acids is 1. The van der Waals surface area contributed by atoms with Crippen molar-refractivity contribution in [2.75, 3.05) is 5.75 Å². The molecular formula is C35H37NO2S. The zero-order valence-electron chi connectivity index (χ0n) is 23.1. The lowest BCUT2D eigenvalue weighted by Gasteiger charge is -2.28. The molecule has 0 bridgehead atoms. The molecule has 39 heavy (non-hydrogen) atoms. The van der Waals surface area contributed by atoms with Crippen molar-refractivity contribution in [1.82, 2.24) is 4.98 Å². The first-order valence-electron chi connectivity index (χ1n) is 13.9. The number of esters is 1. The molecule has 4 heteroatoms. The number of nitrogens with zero attached hydrogens (tertiary/aromatic N) is 1. The van der Waals surface area contributed by atoms with E-state index in [4.69, 9.17) is 9.72 Å². The van der Waals surface area contributed by atoms with Gasteiger partial charge in [0.15, 0.2) is 0 Å². The molecule has 3 nitrogen and oxygen atoms in total. The van der Waals surface area contributed by atoms with Crippen molar-refractivity contribution < 1.29 is 9.53 Å². The number of thioether (sulfide) groups is 1. The van der Waals surface area contributed by atoms with E-state index in [9.17, 15) is 4.79 Å². The zero-order chi connectivity index (χ0) is 27.2. The third-order valence-corrected chi connectivity index (χ3v) is 8.89. The van der Waals surface area contributed by atoms with Crippen LogP contribution in [0.15, 0.2) is 84.9 Å². The average Bonchev–Trinajstić information content (AvgIpc) is 3.76. The van der Waals surface area contributed by atoms with E-state index in [2.05, 4.69) is 90.6 Å². The molecule has 4 aromatic rings. The van der Waals surface area contributed by atoms with Gasteiger partial charge in [0.25, 0.3) is 0 Å². The highest BCUT2D eigenvalue weighted by atomic mass is 32.2. The minimum atomic E-state index is -0.652. The molecule has 1 atom stereocenters. The first-order chi connectivity index (χ1) is 18.9. The number of rotatable bonds is 11. The first-order valence-corrected chi connectivity index (χ1v) is 15.0. The van der Waals surface area contributed by atoms with Gasteiger partial charge >= 0.3 is 5.97 Å². The number of carbonyl (C=O) groups is 1. The predicted molar refractivity (Wildman–Crippen MR) is 165 cm³/mol. The van der Waals surface area contributed by atoms with Crippen LogP contribution in [0.1, 0.15) is 73.2 Å². The molecule has 0 radical (unpaired) electrons. The molecule has 5 rings (SSSR count). The summed E-state index contributed by atoms with van der Waals surface area (Å²) in [6.45, 7) is 5.44. The molecule has 1 saturated carbocycles. The van der Waals surface area contributed by atoms with E-state index in [1.165, 1.54) is 42.2 Å².